The van der Waals surface area contributed by atoms with Gasteiger partial charge in [-0.1, -0.05) is 51.1 Å². The molecule has 1 rings (SSSR count). The molecule has 3 heteroatoms. The van der Waals surface area contributed by atoms with Crippen LogP contribution in [0.5, 0.6) is 0 Å². The molecule has 0 amide bonds. The van der Waals surface area contributed by atoms with E-state index in [1.165, 1.54) is 12.2 Å². The third kappa shape index (κ3) is 4.95. The summed E-state index contributed by atoms with van der Waals surface area (Å²) in [6, 6.07) is 9.39. The minimum absolute atomic E-state index is 0.0980. The van der Waals surface area contributed by atoms with Gasteiger partial charge in [-0.05, 0) is 11.6 Å². The summed E-state index contributed by atoms with van der Waals surface area (Å²) in [6.45, 7) is 5.62. The molecule has 0 fully saturated rings. The fourth-order valence-electron chi connectivity index (χ4n) is 1.17. The van der Waals surface area contributed by atoms with Gasteiger partial charge in [0, 0.05) is 11.5 Å². The van der Waals surface area contributed by atoms with Crippen molar-refractivity contribution in [2.24, 2.45) is 5.41 Å². The third-order valence-corrected chi connectivity index (χ3v) is 2.33. The first-order valence-corrected chi connectivity index (χ1v) is 5.83. The summed E-state index contributed by atoms with van der Waals surface area (Å²) < 4.78 is 5.01. The van der Waals surface area contributed by atoms with Gasteiger partial charge in [-0.3, -0.25) is 4.79 Å². The second kappa shape index (κ2) is 6.15. The van der Waals surface area contributed by atoms with E-state index < -0.39 is 11.4 Å². The molecule has 0 radical (unpaired) electrons. The molecule has 3 nitrogen and oxygen atoms in total. The number of rotatable bonds is 4. The summed E-state index contributed by atoms with van der Waals surface area (Å²) in [6.07, 6.45) is 2.45. The van der Waals surface area contributed by atoms with Crippen LogP contribution in [0.4, 0.5) is 0 Å². The molecule has 1 aromatic rings. The summed E-state index contributed by atoms with van der Waals surface area (Å²) in [7, 11) is 0. The third-order valence-electron chi connectivity index (χ3n) is 2.33. The van der Waals surface area contributed by atoms with Crippen LogP contribution >= 0.6 is 0 Å². The van der Waals surface area contributed by atoms with Gasteiger partial charge in [-0.25, -0.2) is 4.79 Å². The standard InChI is InChI=1S/C15H18O3/c1-15(2,3)13(16)9-10-14(17)18-11-12-7-5-4-6-8-12/h4-10H,11H2,1-3H3/b10-9-. The summed E-state index contributed by atoms with van der Waals surface area (Å²) in [5, 5.41) is 0. The number of hydrogen-bond acceptors (Lipinski definition) is 3. The Kier molecular flexibility index (Phi) is 4.84. The number of allylic oxidation sites excluding steroid dienone is 1. The number of ketones is 1. The van der Waals surface area contributed by atoms with Crippen molar-refractivity contribution in [3.8, 4) is 0 Å². The van der Waals surface area contributed by atoms with E-state index in [0.29, 0.717) is 0 Å². The normalized spacial score (nSPS) is 11.5. The zero-order valence-corrected chi connectivity index (χ0v) is 11.0. The molecule has 1 aromatic carbocycles. The van der Waals surface area contributed by atoms with Crippen LogP contribution in [0.15, 0.2) is 42.5 Å². The Morgan fingerprint density at radius 1 is 1.11 bits per heavy atom. The average Bonchev–Trinajstić information content (AvgIpc) is 2.33. The average molecular weight is 246 g/mol. The van der Waals surface area contributed by atoms with E-state index in [4.69, 9.17) is 4.74 Å². The summed E-state index contributed by atoms with van der Waals surface area (Å²) in [5.74, 6) is -0.601. The molecular weight excluding hydrogens is 228 g/mol. The highest BCUT2D eigenvalue weighted by atomic mass is 16.5. The van der Waals surface area contributed by atoms with Crippen molar-refractivity contribution in [2.45, 2.75) is 27.4 Å². The van der Waals surface area contributed by atoms with Gasteiger partial charge in [-0.2, -0.15) is 0 Å². The molecule has 0 aromatic heterocycles. The highest BCUT2D eigenvalue weighted by molar-refractivity contribution is 5.98. The van der Waals surface area contributed by atoms with Crippen molar-refractivity contribution >= 4 is 11.8 Å². The summed E-state index contributed by atoms with van der Waals surface area (Å²) in [5.41, 5.74) is 0.442. The van der Waals surface area contributed by atoms with Gasteiger partial charge in [0.2, 0.25) is 0 Å². The largest absolute Gasteiger partial charge is 0.458 e. The Balaban J connectivity index is 2.43. The van der Waals surface area contributed by atoms with E-state index in [0.717, 1.165) is 5.56 Å². The van der Waals surface area contributed by atoms with Crippen LogP contribution in [0.2, 0.25) is 0 Å². The number of ether oxygens (including phenoxy) is 1. The van der Waals surface area contributed by atoms with Gasteiger partial charge in [0.05, 0.1) is 0 Å². The maximum absolute atomic E-state index is 11.5. The van der Waals surface area contributed by atoms with Crippen LogP contribution in [0.1, 0.15) is 26.3 Å². The lowest BCUT2D eigenvalue weighted by Gasteiger charge is -2.12. The number of hydrogen-bond donors (Lipinski definition) is 0. The highest BCUT2D eigenvalue weighted by Crippen LogP contribution is 2.14. The minimum atomic E-state index is -0.503. The predicted octanol–water partition coefficient (Wildman–Crippen LogP) is 2.90. The fourth-order valence-corrected chi connectivity index (χ4v) is 1.17. The monoisotopic (exact) mass is 246 g/mol. The fraction of sp³-hybridized carbons (Fsp3) is 0.333. The lowest BCUT2D eigenvalue weighted by atomic mass is 9.91. The maximum atomic E-state index is 11.5. The van der Waals surface area contributed by atoms with Gasteiger partial charge in [-0.15, -0.1) is 0 Å². The zero-order valence-electron chi connectivity index (χ0n) is 11.0. The minimum Gasteiger partial charge on any atom is -0.458 e. The molecular formula is C15H18O3. The van der Waals surface area contributed by atoms with E-state index in [9.17, 15) is 9.59 Å². The molecule has 0 unspecified atom stereocenters. The topological polar surface area (TPSA) is 43.4 Å². The van der Waals surface area contributed by atoms with Crippen molar-refractivity contribution in [1.29, 1.82) is 0 Å². The van der Waals surface area contributed by atoms with E-state index >= 15 is 0 Å². The van der Waals surface area contributed by atoms with E-state index in [1.807, 2.05) is 30.3 Å². The number of benzene rings is 1. The van der Waals surface area contributed by atoms with Crippen LogP contribution in [-0.2, 0) is 20.9 Å². The first kappa shape index (κ1) is 14.2. The Hall–Kier alpha value is -1.90. The molecule has 0 aliphatic heterocycles. The Labute approximate surface area is 107 Å². The van der Waals surface area contributed by atoms with Crippen LogP contribution in [-0.4, -0.2) is 11.8 Å². The van der Waals surface area contributed by atoms with Gasteiger partial charge in [0.25, 0.3) is 0 Å². The Morgan fingerprint density at radius 2 is 1.72 bits per heavy atom. The lowest BCUT2D eigenvalue weighted by Crippen LogP contribution is -2.17. The van der Waals surface area contributed by atoms with Crippen LogP contribution in [0.3, 0.4) is 0 Å². The molecule has 18 heavy (non-hydrogen) atoms. The first-order valence-electron chi connectivity index (χ1n) is 5.83. The molecule has 0 saturated carbocycles. The van der Waals surface area contributed by atoms with Gasteiger partial charge in [0.15, 0.2) is 5.78 Å². The van der Waals surface area contributed by atoms with E-state index in [-0.39, 0.29) is 12.4 Å². The van der Waals surface area contributed by atoms with E-state index in [1.54, 1.807) is 20.8 Å². The molecule has 0 N–H and O–H groups in total. The maximum Gasteiger partial charge on any atom is 0.331 e. The molecule has 96 valence electrons. The number of carbonyl (C=O) groups is 2. The second-order valence-electron chi connectivity index (χ2n) is 5.04. The summed E-state index contributed by atoms with van der Waals surface area (Å²) >= 11 is 0. The second-order valence-corrected chi connectivity index (χ2v) is 5.04. The van der Waals surface area contributed by atoms with Crippen molar-refractivity contribution in [3.63, 3.8) is 0 Å². The SMILES string of the molecule is CC(C)(C)C(=O)/C=C\C(=O)OCc1ccccc1. The predicted molar refractivity (Wildman–Crippen MR) is 69.8 cm³/mol. The van der Waals surface area contributed by atoms with Gasteiger partial charge >= 0.3 is 5.97 Å². The van der Waals surface area contributed by atoms with Gasteiger partial charge in [0.1, 0.15) is 6.61 Å². The van der Waals surface area contributed by atoms with Crippen LogP contribution in [0, 0.1) is 5.41 Å². The van der Waals surface area contributed by atoms with Gasteiger partial charge < -0.3 is 4.74 Å². The van der Waals surface area contributed by atoms with Crippen molar-refractivity contribution < 1.29 is 14.3 Å². The quantitative estimate of drug-likeness (QED) is 0.606. The molecule has 0 heterocycles. The zero-order chi connectivity index (χ0) is 13.6. The highest BCUT2D eigenvalue weighted by Gasteiger charge is 2.18. The van der Waals surface area contributed by atoms with Crippen LogP contribution < -0.4 is 0 Å². The Bertz CT molecular complexity index is 439. The molecule has 0 atom stereocenters. The number of esters is 1. The smallest absolute Gasteiger partial charge is 0.331 e. The van der Waals surface area contributed by atoms with Crippen molar-refractivity contribution in [1.82, 2.24) is 0 Å². The molecule has 0 bridgehead atoms. The molecule has 0 aliphatic carbocycles. The molecule has 0 spiro atoms. The number of carbonyl (C=O) groups excluding carboxylic acids is 2. The van der Waals surface area contributed by atoms with Crippen molar-refractivity contribution in [2.75, 3.05) is 0 Å². The molecule has 0 aliphatic rings. The molecule has 0 saturated heterocycles. The summed E-state index contributed by atoms with van der Waals surface area (Å²) in [4.78, 5) is 22.9. The van der Waals surface area contributed by atoms with Crippen molar-refractivity contribution in [3.05, 3.63) is 48.0 Å². The first-order chi connectivity index (χ1) is 8.39. The Morgan fingerprint density at radius 3 is 2.28 bits per heavy atom. The van der Waals surface area contributed by atoms with E-state index in [2.05, 4.69) is 0 Å². The lowest BCUT2D eigenvalue weighted by molar-refractivity contribution is -0.139. The van der Waals surface area contributed by atoms with Crippen LogP contribution in [0.25, 0.3) is 0 Å².